The van der Waals surface area contributed by atoms with Crippen LogP contribution >= 0.6 is 0 Å². The number of hydrogen-bond donors (Lipinski definition) is 3. The SMILES string of the molecule is CC/C=C\C/C=C\C/C=C\C/C=C\C/C=C\C/C=C\C/C=C\C/C=C\CCCCCCCCCCCCC(=O)NC(CO)C(O)/C=C/CCCCCC. The van der Waals surface area contributed by atoms with E-state index in [1.807, 2.05) is 6.08 Å². The van der Waals surface area contributed by atoms with Crippen molar-refractivity contribution in [2.75, 3.05) is 6.61 Å². The first kappa shape index (κ1) is 50.1. The number of aliphatic hydroxyl groups is 2. The third-order valence-corrected chi connectivity index (χ3v) is 9.01. The summed E-state index contributed by atoms with van der Waals surface area (Å²) >= 11 is 0. The molecule has 0 aromatic heterocycles. The second-order valence-electron chi connectivity index (χ2n) is 14.0. The molecule has 53 heavy (non-hydrogen) atoms. The molecule has 300 valence electrons. The van der Waals surface area contributed by atoms with Crippen molar-refractivity contribution < 1.29 is 15.0 Å². The van der Waals surface area contributed by atoms with Crippen molar-refractivity contribution in [3.05, 3.63) is 109 Å². The minimum Gasteiger partial charge on any atom is -0.394 e. The summed E-state index contributed by atoms with van der Waals surface area (Å²) in [5.41, 5.74) is 0. The van der Waals surface area contributed by atoms with Gasteiger partial charge in [0.2, 0.25) is 5.91 Å². The highest BCUT2D eigenvalue weighted by molar-refractivity contribution is 5.76. The lowest BCUT2D eigenvalue weighted by molar-refractivity contribution is -0.123. The van der Waals surface area contributed by atoms with Crippen LogP contribution < -0.4 is 5.32 Å². The number of carbonyl (C=O) groups excluding carboxylic acids is 1. The number of hydrogen-bond acceptors (Lipinski definition) is 3. The van der Waals surface area contributed by atoms with Crippen molar-refractivity contribution in [2.24, 2.45) is 0 Å². The van der Waals surface area contributed by atoms with Gasteiger partial charge in [-0.3, -0.25) is 4.79 Å². The standard InChI is InChI=1S/C49H81NO3/c1-3-5-7-9-11-12-13-14-15-16-17-18-19-20-21-22-23-24-25-26-27-28-29-30-31-32-33-34-35-36-37-38-39-41-43-45-49(53)50-47(46-51)48(52)44-42-40-10-8-6-4-2/h5,7,11-12,14-15,17-18,20-21,23-24,26-27,29-30,42,44,47-48,51-52H,3-4,6,8-10,13,16,19,22,25,28,31-41,43,45-46H2,1-2H3,(H,50,53)/b7-5-,12-11-,15-14-,18-17-,21-20-,24-23-,27-26-,30-29-,44-42+. The largest absolute Gasteiger partial charge is 0.394 e. The second kappa shape index (κ2) is 43.5. The lowest BCUT2D eigenvalue weighted by Gasteiger charge is -2.20. The monoisotopic (exact) mass is 732 g/mol. The average Bonchev–Trinajstić information content (AvgIpc) is 3.16. The summed E-state index contributed by atoms with van der Waals surface area (Å²) in [7, 11) is 0. The topological polar surface area (TPSA) is 69.6 Å². The maximum absolute atomic E-state index is 12.3. The average molecular weight is 732 g/mol. The van der Waals surface area contributed by atoms with E-state index in [-0.39, 0.29) is 12.5 Å². The molecule has 0 radical (unpaired) electrons. The maximum atomic E-state index is 12.3. The Hall–Kier alpha value is -2.95. The van der Waals surface area contributed by atoms with Crippen molar-refractivity contribution in [1.29, 1.82) is 0 Å². The van der Waals surface area contributed by atoms with Gasteiger partial charge in [0, 0.05) is 6.42 Å². The van der Waals surface area contributed by atoms with E-state index in [0.717, 1.165) is 77.0 Å². The van der Waals surface area contributed by atoms with Crippen LogP contribution in [-0.4, -0.2) is 34.9 Å². The lowest BCUT2D eigenvalue weighted by atomic mass is 10.0. The van der Waals surface area contributed by atoms with Gasteiger partial charge in [0.1, 0.15) is 0 Å². The first-order chi connectivity index (χ1) is 26.2. The molecule has 0 aromatic carbocycles. The third-order valence-electron chi connectivity index (χ3n) is 9.01. The van der Waals surface area contributed by atoms with E-state index in [9.17, 15) is 15.0 Å². The molecule has 0 aliphatic rings. The van der Waals surface area contributed by atoms with Gasteiger partial charge in [-0.1, -0.05) is 194 Å². The molecule has 0 aliphatic carbocycles. The van der Waals surface area contributed by atoms with Crippen LogP contribution in [0.4, 0.5) is 0 Å². The number of nitrogens with one attached hydrogen (secondary N) is 1. The van der Waals surface area contributed by atoms with Crippen molar-refractivity contribution in [1.82, 2.24) is 5.32 Å². The quantitative estimate of drug-likeness (QED) is 0.0440. The molecule has 3 N–H and O–H groups in total. The van der Waals surface area contributed by atoms with Gasteiger partial charge in [-0.2, -0.15) is 0 Å². The van der Waals surface area contributed by atoms with Gasteiger partial charge in [0.05, 0.1) is 18.8 Å². The Bertz CT molecular complexity index is 1060. The molecule has 4 heteroatoms. The van der Waals surface area contributed by atoms with E-state index < -0.39 is 12.1 Å². The van der Waals surface area contributed by atoms with Crippen LogP contribution in [-0.2, 0) is 4.79 Å². The predicted molar refractivity (Wildman–Crippen MR) is 234 cm³/mol. The first-order valence-corrected chi connectivity index (χ1v) is 21.6. The van der Waals surface area contributed by atoms with Gasteiger partial charge in [-0.15, -0.1) is 0 Å². The Morgan fingerprint density at radius 3 is 1.25 bits per heavy atom. The Balaban J connectivity index is 3.58. The fourth-order valence-electron chi connectivity index (χ4n) is 5.72. The number of aliphatic hydroxyl groups excluding tert-OH is 2. The molecule has 4 nitrogen and oxygen atoms in total. The fourth-order valence-corrected chi connectivity index (χ4v) is 5.72. The van der Waals surface area contributed by atoms with E-state index in [2.05, 4.69) is 116 Å². The minimum absolute atomic E-state index is 0.0809. The third kappa shape index (κ3) is 40.1. The molecule has 0 aromatic rings. The molecule has 0 spiro atoms. The first-order valence-electron chi connectivity index (χ1n) is 21.6. The summed E-state index contributed by atoms with van der Waals surface area (Å²) in [5.74, 6) is -0.0809. The number of unbranched alkanes of at least 4 members (excludes halogenated alkanes) is 14. The minimum atomic E-state index is -0.843. The predicted octanol–water partition coefficient (Wildman–Crippen LogP) is 13.6. The van der Waals surface area contributed by atoms with Gasteiger partial charge >= 0.3 is 0 Å². The summed E-state index contributed by atoms with van der Waals surface area (Å²) in [6, 6.07) is -0.627. The molecule has 0 aliphatic heterocycles. The highest BCUT2D eigenvalue weighted by atomic mass is 16.3. The van der Waals surface area contributed by atoms with Crippen LogP contribution in [0.1, 0.15) is 174 Å². The van der Waals surface area contributed by atoms with Gasteiger partial charge in [-0.05, 0) is 83.5 Å². The molecule has 0 saturated heterocycles. The molecule has 0 saturated carbocycles. The zero-order valence-corrected chi connectivity index (χ0v) is 34.2. The molecule has 0 heterocycles. The number of rotatable bonds is 37. The normalized spacial score (nSPS) is 14.1. The van der Waals surface area contributed by atoms with Gasteiger partial charge in [0.25, 0.3) is 0 Å². The fraction of sp³-hybridized carbons (Fsp3) is 0.612. The van der Waals surface area contributed by atoms with Gasteiger partial charge in [-0.25, -0.2) is 0 Å². The van der Waals surface area contributed by atoms with E-state index in [0.29, 0.717) is 6.42 Å². The van der Waals surface area contributed by atoms with Gasteiger partial charge in [0.15, 0.2) is 0 Å². The molecule has 0 rings (SSSR count). The lowest BCUT2D eigenvalue weighted by Crippen LogP contribution is -2.45. The summed E-state index contributed by atoms with van der Waals surface area (Å²) < 4.78 is 0. The number of allylic oxidation sites excluding steroid dienone is 17. The van der Waals surface area contributed by atoms with Crippen molar-refractivity contribution in [2.45, 2.75) is 187 Å². The van der Waals surface area contributed by atoms with Crippen molar-refractivity contribution in [3.63, 3.8) is 0 Å². The zero-order valence-electron chi connectivity index (χ0n) is 34.2. The Labute approximate surface area is 327 Å². The highest BCUT2D eigenvalue weighted by Crippen LogP contribution is 2.13. The van der Waals surface area contributed by atoms with E-state index in [1.165, 1.54) is 77.0 Å². The highest BCUT2D eigenvalue weighted by Gasteiger charge is 2.17. The molecule has 2 unspecified atom stereocenters. The second-order valence-corrected chi connectivity index (χ2v) is 14.0. The molecule has 2 atom stereocenters. The van der Waals surface area contributed by atoms with E-state index in [4.69, 9.17) is 0 Å². The Morgan fingerprint density at radius 1 is 0.472 bits per heavy atom. The zero-order chi connectivity index (χ0) is 38.6. The molecule has 0 fully saturated rings. The summed E-state index contributed by atoms with van der Waals surface area (Å²) in [6.07, 6.45) is 66.5. The van der Waals surface area contributed by atoms with Crippen molar-refractivity contribution >= 4 is 5.91 Å². The Kier molecular flexibility index (Phi) is 41.0. The van der Waals surface area contributed by atoms with Crippen LogP contribution in [0.5, 0.6) is 0 Å². The van der Waals surface area contributed by atoms with Crippen LogP contribution in [0.3, 0.4) is 0 Å². The Morgan fingerprint density at radius 2 is 0.830 bits per heavy atom. The van der Waals surface area contributed by atoms with Gasteiger partial charge < -0.3 is 15.5 Å². The maximum Gasteiger partial charge on any atom is 0.220 e. The summed E-state index contributed by atoms with van der Waals surface area (Å²) in [5, 5.41) is 22.7. The molecule has 1 amide bonds. The molecular formula is C49H81NO3. The van der Waals surface area contributed by atoms with E-state index in [1.54, 1.807) is 6.08 Å². The number of carbonyl (C=O) groups is 1. The number of amides is 1. The van der Waals surface area contributed by atoms with Crippen LogP contribution in [0.25, 0.3) is 0 Å². The molecular weight excluding hydrogens is 651 g/mol. The van der Waals surface area contributed by atoms with Crippen molar-refractivity contribution in [3.8, 4) is 0 Å². The smallest absolute Gasteiger partial charge is 0.220 e. The van der Waals surface area contributed by atoms with Crippen LogP contribution in [0.2, 0.25) is 0 Å². The van der Waals surface area contributed by atoms with E-state index >= 15 is 0 Å². The van der Waals surface area contributed by atoms with Crippen LogP contribution in [0, 0.1) is 0 Å². The summed E-state index contributed by atoms with van der Waals surface area (Å²) in [6.45, 7) is 4.10. The molecule has 0 bridgehead atoms. The van der Waals surface area contributed by atoms with Crippen LogP contribution in [0.15, 0.2) is 109 Å². The summed E-state index contributed by atoms with van der Waals surface area (Å²) in [4.78, 5) is 12.3.